The van der Waals surface area contributed by atoms with Gasteiger partial charge in [0.2, 0.25) is 0 Å². The van der Waals surface area contributed by atoms with Crippen molar-refractivity contribution in [3.63, 3.8) is 0 Å². The number of ether oxygens (including phenoxy) is 3. The van der Waals surface area contributed by atoms with Crippen LogP contribution < -0.4 is 19.5 Å². The number of methoxy groups -OCH3 is 1. The molecular weight excluding hydrogens is 325 g/mol. The van der Waals surface area contributed by atoms with E-state index in [0.717, 1.165) is 5.75 Å². The predicted molar refractivity (Wildman–Crippen MR) is 92.6 cm³/mol. The SMILES string of the molecule is CCC(Oc1ccc(OC)cc1)C(=O)NCCOc1ccc(F)cc1. The maximum Gasteiger partial charge on any atom is 0.261 e. The largest absolute Gasteiger partial charge is 0.497 e. The third kappa shape index (κ3) is 5.99. The van der Waals surface area contributed by atoms with Crippen LogP contribution in [-0.2, 0) is 4.79 Å². The van der Waals surface area contributed by atoms with Gasteiger partial charge in [-0.15, -0.1) is 0 Å². The van der Waals surface area contributed by atoms with Gasteiger partial charge in [0.25, 0.3) is 5.91 Å². The van der Waals surface area contributed by atoms with Gasteiger partial charge in [0, 0.05) is 0 Å². The minimum atomic E-state index is -0.584. The van der Waals surface area contributed by atoms with Gasteiger partial charge in [0.1, 0.15) is 29.7 Å². The topological polar surface area (TPSA) is 56.8 Å². The highest BCUT2D eigenvalue weighted by molar-refractivity contribution is 5.81. The van der Waals surface area contributed by atoms with Crippen LogP contribution in [0.5, 0.6) is 17.2 Å². The van der Waals surface area contributed by atoms with E-state index in [2.05, 4.69) is 5.32 Å². The van der Waals surface area contributed by atoms with Crippen LogP contribution in [-0.4, -0.2) is 32.3 Å². The van der Waals surface area contributed by atoms with Crippen LogP contribution in [0.1, 0.15) is 13.3 Å². The second kappa shape index (κ2) is 9.52. The monoisotopic (exact) mass is 347 g/mol. The van der Waals surface area contributed by atoms with Crippen LogP contribution >= 0.6 is 0 Å². The molecule has 6 heteroatoms. The number of amides is 1. The van der Waals surface area contributed by atoms with Crippen molar-refractivity contribution in [1.82, 2.24) is 5.32 Å². The third-order valence-corrected chi connectivity index (χ3v) is 3.48. The van der Waals surface area contributed by atoms with Crippen molar-refractivity contribution < 1.29 is 23.4 Å². The summed E-state index contributed by atoms with van der Waals surface area (Å²) in [5.41, 5.74) is 0. The molecule has 1 amide bonds. The average molecular weight is 347 g/mol. The fraction of sp³-hybridized carbons (Fsp3) is 0.316. The van der Waals surface area contributed by atoms with Crippen molar-refractivity contribution in [3.8, 4) is 17.2 Å². The second-order valence-electron chi connectivity index (χ2n) is 5.28. The number of hydrogen-bond acceptors (Lipinski definition) is 4. The summed E-state index contributed by atoms with van der Waals surface area (Å²) in [6, 6.07) is 12.8. The van der Waals surface area contributed by atoms with Gasteiger partial charge in [-0.2, -0.15) is 0 Å². The molecule has 0 saturated carbocycles. The van der Waals surface area contributed by atoms with Crippen molar-refractivity contribution in [2.45, 2.75) is 19.4 Å². The van der Waals surface area contributed by atoms with E-state index in [0.29, 0.717) is 24.5 Å². The first-order valence-corrected chi connectivity index (χ1v) is 8.09. The molecule has 2 rings (SSSR count). The maximum absolute atomic E-state index is 12.8. The molecule has 0 aliphatic rings. The summed E-state index contributed by atoms with van der Waals surface area (Å²) in [5.74, 6) is 1.36. The molecule has 134 valence electrons. The number of rotatable bonds is 9. The van der Waals surface area contributed by atoms with Crippen molar-refractivity contribution in [3.05, 3.63) is 54.3 Å². The normalized spacial score (nSPS) is 11.5. The first-order valence-electron chi connectivity index (χ1n) is 8.09. The molecule has 0 heterocycles. The standard InChI is InChI=1S/C19H22FNO4/c1-3-18(25-17-10-8-15(23-2)9-11-17)19(22)21-12-13-24-16-6-4-14(20)5-7-16/h4-11,18H,3,12-13H2,1-2H3,(H,21,22). The van der Waals surface area contributed by atoms with Gasteiger partial charge in [-0.25, -0.2) is 4.39 Å². The lowest BCUT2D eigenvalue weighted by atomic mass is 10.2. The van der Waals surface area contributed by atoms with Gasteiger partial charge in [-0.05, 0) is 55.0 Å². The Morgan fingerprint density at radius 2 is 1.64 bits per heavy atom. The highest BCUT2D eigenvalue weighted by Gasteiger charge is 2.17. The summed E-state index contributed by atoms with van der Waals surface area (Å²) < 4.78 is 29.0. The minimum Gasteiger partial charge on any atom is -0.497 e. The Bertz CT molecular complexity index is 658. The smallest absolute Gasteiger partial charge is 0.261 e. The molecule has 0 fully saturated rings. The summed E-state index contributed by atoms with van der Waals surface area (Å²) in [6.07, 6.45) is -0.0457. The number of hydrogen-bond donors (Lipinski definition) is 1. The minimum absolute atomic E-state index is 0.207. The first-order chi connectivity index (χ1) is 12.1. The molecule has 5 nitrogen and oxygen atoms in total. The zero-order valence-corrected chi connectivity index (χ0v) is 14.3. The molecule has 1 unspecified atom stereocenters. The summed E-state index contributed by atoms with van der Waals surface area (Å²) >= 11 is 0. The Balaban J connectivity index is 1.75. The molecule has 0 radical (unpaired) electrons. The van der Waals surface area contributed by atoms with Gasteiger partial charge in [0.05, 0.1) is 13.7 Å². The van der Waals surface area contributed by atoms with Crippen molar-refractivity contribution in [1.29, 1.82) is 0 Å². The van der Waals surface area contributed by atoms with Crippen molar-refractivity contribution >= 4 is 5.91 Å². The van der Waals surface area contributed by atoms with Crippen LogP contribution in [0.3, 0.4) is 0 Å². The Kier molecular flexibility index (Phi) is 7.07. The molecule has 0 saturated heterocycles. The lowest BCUT2D eigenvalue weighted by molar-refractivity contribution is -0.128. The van der Waals surface area contributed by atoms with Crippen LogP contribution in [0.2, 0.25) is 0 Å². The molecule has 1 atom stereocenters. The molecule has 0 aliphatic carbocycles. The van der Waals surface area contributed by atoms with E-state index >= 15 is 0 Å². The predicted octanol–water partition coefficient (Wildman–Crippen LogP) is 3.19. The lowest BCUT2D eigenvalue weighted by Gasteiger charge is -2.17. The van der Waals surface area contributed by atoms with Gasteiger partial charge >= 0.3 is 0 Å². The lowest BCUT2D eigenvalue weighted by Crippen LogP contribution is -2.39. The van der Waals surface area contributed by atoms with Crippen LogP contribution in [0.25, 0.3) is 0 Å². The zero-order valence-electron chi connectivity index (χ0n) is 14.3. The molecule has 0 bridgehead atoms. The third-order valence-electron chi connectivity index (χ3n) is 3.48. The summed E-state index contributed by atoms with van der Waals surface area (Å²) in [7, 11) is 1.59. The van der Waals surface area contributed by atoms with Crippen LogP contribution in [0.4, 0.5) is 4.39 Å². The Labute approximate surface area is 146 Å². The van der Waals surface area contributed by atoms with Crippen molar-refractivity contribution in [2.24, 2.45) is 0 Å². The molecule has 0 spiro atoms. The second-order valence-corrected chi connectivity index (χ2v) is 5.28. The average Bonchev–Trinajstić information content (AvgIpc) is 2.65. The highest BCUT2D eigenvalue weighted by Crippen LogP contribution is 2.19. The number of halogens is 1. The Morgan fingerprint density at radius 3 is 2.24 bits per heavy atom. The van der Waals surface area contributed by atoms with Gasteiger partial charge < -0.3 is 19.5 Å². The number of nitrogens with one attached hydrogen (secondary N) is 1. The molecule has 0 aliphatic heterocycles. The fourth-order valence-corrected chi connectivity index (χ4v) is 2.13. The van der Waals surface area contributed by atoms with E-state index in [1.54, 1.807) is 43.5 Å². The summed E-state index contributed by atoms with van der Waals surface area (Å²) in [5, 5.41) is 2.77. The van der Waals surface area contributed by atoms with E-state index in [4.69, 9.17) is 14.2 Å². The van der Waals surface area contributed by atoms with Gasteiger partial charge in [-0.3, -0.25) is 4.79 Å². The maximum atomic E-state index is 12.8. The van der Waals surface area contributed by atoms with Crippen molar-refractivity contribution in [2.75, 3.05) is 20.3 Å². The molecule has 1 N–H and O–H groups in total. The highest BCUT2D eigenvalue weighted by atomic mass is 19.1. The molecule has 0 aromatic heterocycles. The quantitative estimate of drug-likeness (QED) is 0.708. The van der Waals surface area contributed by atoms with Gasteiger partial charge in [0.15, 0.2) is 6.10 Å². The summed E-state index contributed by atoms with van der Waals surface area (Å²) in [4.78, 5) is 12.2. The fourth-order valence-electron chi connectivity index (χ4n) is 2.13. The van der Waals surface area contributed by atoms with E-state index in [-0.39, 0.29) is 18.3 Å². The van der Waals surface area contributed by atoms with Gasteiger partial charge in [-0.1, -0.05) is 6.92 Å². The molecule has 2 aromatic rings. The van der Waals surface area contributed by atoms with E-state index in [9.17, 15) is 9.18 Å². The first kappa shape index (κ1) is 18.6. The number of carbonyl (C=O) groups is 1. The van der Waals surface area contributed by atoms with E-state index in [1.165, 1.54) is 12.1 Å². The Hall–Kier alpha value is -2.76. The molecular formula is C19H22FNO4. The molecule has 2 aromatic carbocycles. The number of carbonyl (C=O) groups excluding carboxylic acids is 1. The number of benzene rings is 2. The molecule has 25 heavy (non-hydrogen) atoms. The summed E-state index contributed by atoms with van der Waals surface area (Å²) in [6.45, 7) is 2.50. The Morgan fingerprint density at radius 1 is 1.04 bits per heavy atom. The van der Waals surface area contributed by atoms with E-state index < -0.39 is 6.10 Å². The van der Waals surface area contributed by atoms with Crippen LogP contribution in [0.15, 0.2) is 48.5 Å². The van der Waals surface area contributed by atoms with Crippen LogP contribution in [0, 0.1) is 5.82 Å². The van der Waals surface area contributed by atoms with E-state index in [1.807, 2.05) is 6.92 Å². The zero-order chi connectivity index (χ0) is 18.1.